The van der Waals surface area contributed by atoms with Gasteiger partial charge in [0.05, 0.1) is 18.1 Å². The Hall–Kier alpha value is -3.72. The number of allylic oxidation sites excluding steroid dienone is 2. The summed E-state index contributed by atoms with van der Waals surface area (Å²) in [6, 6.07) is 18.5. The molecule has 0 aromatic heterocycles. The Morgan fingerprint density at radius 1 is 1.18 bits per heavy atom. The van der Waals surface area contributed by atoms with Gasteiger partial charge < -0.3 is 19.9 Å². The zero-order chi connectivity index (χ0) is 20.1. The molecule has 0 spiro atoms. The van der Waals surface area contributed by atoms with Gasteiger partial charge in [0.15, 0.2) is 0 Å². The summed E-state index contributed by atoms with van der Waals surface area (Å²) in [7, 11) is 0. The van der Waals surface area contributed by atoms with Crippen molar-refractivity contribution in [2.24, 2.45) is 5.73 Å². The van der Waals surface area contributed by atoms with Crippen molar-refractivity contribution >= 4 is 5.97 Å². The van der Waals surface area contributed by atoms with Gasteiger partial charge in [-0.3, -0.25) is 0 Å². The standard InChI is InChI=1S/C22H20N2O4/c1-3-26-22(25)19-14(2)27-21(24)17(13-23)20(19)16-11-7-8-12-18(16)28-15-9-5-4-6-10-15/h4-12,20H,3,24H2,1-2H3. The van der Waals surface area contributed by atoms with E-state index in [-0.39, 0.29) is 23.6 Å². The molecule has 1 aliphatic rings. The maximum Gasteiger partial charge on any atom is 0.338 e. The Balaban J connectivity index is 2.14. The Kier molecular flexibility index (Phi) is 5.66. The molecule has 0 saturated carbocycles. The average Bonchev–Trinajstić information content (AvgIpc) is 2.69. The molecule has 0 fully saturated rings. The van der Waals surface area contributed by atoms with Crippen molar-refractivity contribution in [2.75, 3.05) is 6.61 Å². The van der Waals surface area contributed by atoms with Crippen LogP contribution in [0.4, 0.5) is 0 Å². The van der Waals surface area contributed by atoms with Gasteiger partial charge in [0.25, 0.3) is 0 Å². The zero-order valence-corrected chi connectivity index (χ0v) is 15.6. The zero-order valence-electron chi connectivity index (χ0n) is 15.6. The van der Waals surface area contributed by atoms with Crippen LogP contribution in [0, 0.1) is 11.3 Å². The summed E-state index contributed by atoms with van der Waals surface area (Å²) in [5.41, 5.74) is 6.95. The molecule has 0 saturated heterocycles. The SMILES string of the molecule is CCOC(=O)C1=C(C)OC(N)=C(C#N)C1c1ccccc1Oc1ccccc1. The average molecular weight is 376 g/mol. The molecule has 2 aromatic rings. The number of hydrogen-bond donors (Lipinski definition) is 1. The van der Waals surface area contributed by atoms with Crippen LogP contribution in [0.1, 0.15) is 25.3 Å². The second kappa shape index (κ2) is 8.31. The summed E-state index contributed by atoms with van der Waals surface area (Å²) in [5.74, 6) is 0.103. The molecule has 1 atom stereocenters. The van der Waals surface area contributed by atoms with E-state index in [1.807, 2.05) is 42.5 Å². The number of ether oxygens (including phenoxy) is 3. The van der Waals surface area contributed by atoms with Crippen molar-refractivity contribution in [2.45, 2.75) is 19.8 Å². The second-order valence-electron chi connectivity index (χ2n) is 6.07. The Labute approximate surface area is 163 Å². The van der Waals surface area contributed by atoms with E-state index in [0.717, 1.165) is 0 Å². The summed E-state index contributed by atoms with van der Waals surface area (Å²) in [6.07, 6.45) is 0. The molecule has 0 aliphatic carbocycles. The van der Waals surface area contributed by atoms with E-state index in [4.69, 9.17) is 19.9 Å². The maximum atomic E-state index is 12.7. The first-order valence-corrected chi connectivity index (χ1v) is 8.84. The highest BCUT2D eigenvalue weighted by Crippen LogP contribution is 2.43. The lowest BCUT2D eigenvalue weighted by molar-refractivity contribution is -0.139. The third-order valence-electron chi connectivity index (χ3n) is 4.30. The fourth-order valence-corrected chi connectivity index (χ4v) is 3.09. The van der Waals surface area contributed by atoms with E-state index >= 15 is 0 Å². The summed E-state index contributed by atoms with van der Waals surface area (Å²) < 4.78 is 16.7. The van der Waals surface area contributed by atoms with Crippen LogP contribution in [0.5, 0.6) is 11.5 Å². The number of benzene rings is 2. The van der Waals surface area contributed by atoms with Gasteiger partial charge >= 0.3 is 5.97 Å². The number of nitrogens with two attached hydrogens (primary N) is 1. The van der Waals surface area contributed by atoms with Gasteiger partial charge in [-0.15, -0.1) is 0 Å². The first-order chi connectivity index (χ1) is 13.6. The molecule has 3 rings (SSSR count). The van der Waals surface area contributed by atoms with Gasteiger partial charge in [-0.2, -0.15) is 5.26 Å². The molecule has 6 nitrogen and oxygen atoms in total. The highest BCUT2D eigenvalue weighted by molar-refractivity contribution is 5.92. The minimum Gasteiger partial charge on any atom is -0.463 e. The van der Waals surface area contributed by atoms with E-state index in [1.54, 1.807) is 26.0 Å². The lowest BCUT2D eigenvalue weighted by Gasteiger charge is -2.28. The number of nitriles is 1. The predicted molar refractivity (Wildman–Crippen MR) is 103 cm³/mol. The summed E-state index contributed by atoms with van der Waals surface area (Å²) >= 11 is 0. The van der Waals surface area contributed by atoms with Crippen molar-refractivity contribution < 1.29 is 19.0 Å². The van der Waals surface area contributed by atoms with Crippen LogP contribution in [-0.4, -0.2) is 12.6 Å². The number of carbonyl (C=O) groups excluding carboxylic acids is 1. The van der Waals surface area contributed by atoms with Gasteiger partial charge in [-0.1, -0.05) is 36.4 Å². The topological polar surface area (TPSA) is 94.6 Å². The van der Waals surface area contributed by atoms with Crippen molar-refractivity contribution in [1.29, 1.82) is 5.26 Å². The Morgan fingerprint density at radius 2 is 1.86 bits per heavy atom. The van der Waals surface area contributed by atoms with Crippen molar-refractivity contribution in [3.05, 3.63) is 82.9 Å². The van der Waals surface area contributed by atoms with Crippen molar-refractivity contribution in [1.82, 2.24) is 0 Å². The molecule has 1 aliphatic heterocycles. The van der Waals surface area contributed by atoms with Gasteiger partial charge in [0, 0.05) is 5.56 Å². The lowest BCUT2D eigenvalue weighted by Crippen LogP contribution is -2.25. The van der Waals surface area contributed by atoms with Crippen LogP contribution in [0.3, 0.4) is 0 Å². The first kappa shape index (κ1) is 19.1. The highest BCUT2D eigenvalue weighted by Gasteiger charge is 2.37. The monoisotopic (exact) mass is 376 g/mol. The van der Waals surface area contributed by atoms with E-state index in [0.29, 0.717) is 22.8 Å². The molecule has 0 radical (unpaired) electrons. The van der Waals surface area contributed by atoms with E-state index in [2.05, 4.69) is 6.07 Å². The van der Waals surface area contributed by atoms with Crippen molar-refractivity contribution in [3.8, 4) is 17.6 Å². The minimum atomic E-state index is -0.752. The van der Waals surface area contributed by atoms with Gasteiger partial charge in [-0.05, 0) is 32.0 Å². The molecular weight excluding hydrogens is 356 g/mol. The molecule has 2 aromatic carbocycles. The molecule has 1 heterocycles. The highest BCUT2D eigenvalue weighted by atomic mass is 16.5. The largest absolute Gasteiger partial charge is 0.463 e. The van der Waals surface area contributed by atoms with Crippen LogP contribution in [0.15, 0.2) is 77.4 Å². The van der Waals surface area contributed by atoms with Crippen LogP contribution in [-0.2, 0) is 14.3 Å². The van der Waals surface area contributed by atoms with Crippen molar-refractivity contribution in [3.63, 3.8) is 0 Å². The van der Waals surface area contributed by atoms with Crippen LogP contribution >= 0.6 is 0 Å². The van der Waals surface area contributed by atoms with E-state index in [9.17, 15) is 10.1 Å². The molecule has 2 N–H and O–H groups in total. The molecule has 142 valence electrons. The number of hydrogen-bond acceptors (Lipinski definition) is 6. The normalized spacial score (nSPS) is 16.2. The Morgan fingerprint density at radius 3 is 2.54 bits per heavy atom. The third kappa shape index (κ3) is 3.69. The molecule has 28 heavy (non-hydrogen) atoms. The quantitative estimate of drug-likeness (QED) is 0.789. The number of esters is 1. The minimum absolute atomic E-state index is 0.0347. The fourth-order valence-electron chi connectivity index (χ4n) is 3.09. The summed E-state index contributed by atoms with van der Waals surface area (Å²) in [5, 5.41) is 9.71. The number of rotatable bonds is 5. The number of nitrogens with zero attached hydrogens (tertiary/aromatic N) is 1. The third-order valence-corrected chi connectivity index (χ3v) is 4.30. The van der Waals surface area contributed by atoms with Gasteiger partial charge in [-0.25, -0.2) is 4.79 Å². The maximum absolute atomic E-state index is 12.7. The second-order valence-corrected chi connectivity index (χ2v) is 6.07. The molecule has 0 bridgehead atoms. The molecule has 0 amide bonds. The molecule has 1 unspecified atom stereocenters. The van der Waals surface area contributed by atoms with Crippen LogP contribution in [0.2, 0.25) is 0 Å². The number of para-hydroxylation sites is 2. The van der Waals surface area contributed by atoms with Crippen LogP contribution in [0.25, 0.3) is 0 Å². The number of carbonyl (C=O) groups is 1. The summed E-state index contributed by atoms with van der Waals surface area (Å²) in [6.45, 7) is 3.54. The Bertz CT molecular complexity index is 987. The lowest BCUT2D eigenvalue weighted by atomic mass is 9.82. The van der Waals surface area contributed by atoms with E-state index in [1.165, 1.54) is 0 Å². The fraction of sp³-hybridized carbons (Fsp3) is 0.182. The first-order valence-electron chi connectivity index (χ1n) is 8.84. The predicted octanol–water partition coefficient (Wildman–Crippen LogP) is 4.12. The van der Waals surface area contributed by atoms with Gasteiger partial charge in [0.2, 0.25) is 5.88 Å². The molecule has 6 heteroatoms. The van der Waals surface area contributed by atoms with E-state index < -0.39 is 11.9 Å². The smallest absolute Gasteiger partial charge is 0.338 e. The summed E-state index contributed by atoms with van der Waals surface area (Å²) in [4.78, 5) is 12.7. The van der Waals surface area contributed by atoms with Crippen LogP contribution < -0.4 is 10.5 Å². The molecular formula is C22H20N2O4. The van der Waals surface area contributed by atoms with Gasteiger partial charge in [0.1, 0.15) is 28.9 Å².